The number of ether oxygens (including phenoxy) is 3. The van der Waals surface area contributed by atoms with Crippen molar-refractivity contribution in [1.82, 2.24) is 9.88 Å². The first-order valence-corrected chi connectivity index (χ1v) is 10.3. The maximum Gasteiger partial charge on any atom is 0.260 e. The molecule has 9 heteroatoms. The van der Waals surface area contributed by atoms with E-state index in [0.717, 1.165) is 15.8 Å². The smallest absolute Gasteiger partial charge is 0.260 e. The number of nitrogens with zero attached hydrogens (tertiary/aromatic N) is 3. The minimum Gasteiger partial charge on any atom is -0.497 e. The molecular formula is C22H28ClN3O4S. The zero-order valence-electron chi connectivity index (χ0n) is 18.6. The lowest BCUT2D eigenvalue weighted by Crippen LogP contribution is -2.36. The standard InChI is InChI=1S/C22H27N3O4S.ClH/c1-14-7-8-18(29-6)19-20(14)30-22(23-19)25(10-9-24(2)3)21(26)15-11-16(27-4)13-17(12-15)28-5;/h7-8,11-13H,9-10H2,1-6H3;1H. The van der Waals surface area contributed by atoms with E-state index in [9.17, 15) is 4.79 Å². The van der Waals surface area contributed by atoms with Gasteiger partial charge in [-0.1, -0.05) is 17.4 Å². The van der Waals surface area contributed by atoms with E-state index in [1.165, 1.54) is 11.3 Å². The number of fused-ring (bicyclic) bond motifs is 1. The number of anilines is 1. The van der Waals surface area contributed by atoms with E-state index in [1.54, 1.807) is 44.4 Å². The Morgan fingerprint density at radius 1 is 1.00 bits per heavy atom. The number of halogens is 1. The number of aromatic nitrogens is 1. The van der Waals surface area contributed by atoms with Crippen LogP contribution in [-0.2, 0) is 0 Å². The van der Waals surface area contributed by atoms with E-state index < -0.39 is 0 Å². The molecule has 0 fully saturated rings. The topological polar surface area (TPSA) is 64.1 Å². The summed E-state index contributed by atoms with van der Waals surface area (Å²) >= 11 is 1.49. The molecule has 0 N–H and O–H groups in total. The Bertz CT molecular complexity index is 1030. The number of hydrogen-bond acceptors (Lipinski definition) is 7. The average Bonchev–Trinajstić information content (AvgIpc) is 3.19. The fraction of sp³-hybridized carbons (Fsp3) is 0.364. The molecule has 0 radical (unpaired) electrons. The summed E-state index contributed by atoms with van der Waals surface area (Å²) in [6, 6.07) is 9.08. The first-order chi connectivity index (χ1) is 14.4. The van der Waals surface area contributed by atoms with Gasteiger partial charge >= 0.3 is 0 Å². The van der Waals surface area contributed by atoms with Crippen molar-refractivity contribution in [2.45, 2.75) is 6.92 Å². The summed E-state index contributed by atoms with van der Waals surface area (Å²) in [4.78, 5) is 22.1. The van der Waals surface area contributed by atoms with Gasteiger partial charge in [0.05, 0.1) is 26.0 Å². The van der Waals surface area contributed by atoms with E-state index in [1.807, 2.05) is 38.1 Å². The van der Waals surface area contributed by atoms with Crippen LogP contribution in [0, 0.1) is 6.92 Å². The third-order valence-corrected chi connectivity index (χ3v) is 5.97. The summed E-state index contributed by atoms with van der Waals surface area (Å²) in [6.45, 7) is 3.22. The Labute approximate surface area is 192 Å². The highest BCUT2D eigenvalue weighted by Gasteiger charge is 2.24. The van der Waals surface area contributed by atoms with Crippen molar-refractivity contribution in [3.05, 3.63) is 41.5 Å². The van der Waals surface area contributed by atoms with Gasteiger partial charge in [0.15, 0.2) is 5.13 Å². The first kappa shape index (κ1) is 24.7. The van der Waals surface area contributed by atoms with Crippen LogP contribution < -0.4 is 19.1 Å². The summed E-state index contributed by atoms with van der Waals surface area (Å²) < 4.78 is 17.2. The summed E-state index contributed by atoms with van der Waals surface area (Å²) in [6.07, 6.45) is 0. The van der Waals surface area contributed by atoms with Crippen LogP contribution in [-0.4, -0.2) is 64.3 Å². The molecule has 0 spiro atoms. The predicted molar refractivity (Wildman–Crippen MR) is 128 cm³/mol. The molecule has 0 atom stereocenters. The molecule has 7 nitrogen and oxygen atoms in total. The van der Waals surface area contributed by atoms with Gasteiger partial charge in [0, 0.05) is 24.7 Å². The fourth-order valence-corrected chi connectivity index (χ4v) is 4.13. The lowest BCUT2D eigenvalue weighted by molar-refractivity contribution is 0.0984. The summed E-state index contributed by atoms with van der Waals surface area (Å²) in [5.41, 5.74) is 2.34. The van der Waals surface area contributed by atoms with Crippen molar-refractivity contribution in [2.75, 3.05) is 53.4 Å². The minimum atomic E-state index is -0.162. The van der Waals surface area contributed by atoms with Crippen molar-refractivity contribution in [3.63, 3.8) is 0 Å². The van der Waals surface area contributed by atoms with Gasteiger partial charge in [-0.2, -0.15) is 0 Å². The SMILES string of the molecule is COc1cc(OC)cc(C(=O)N(CCN(C)C)c2nc3c(OC)ccc(C)c3s2)c1.Cl. The van der Waals surface area contributed by atoms with Gasteiger partial charge in [0.2, 0.25) is 0 Å². The Morgan fingerprint density at radius 3 is 2.19 bits per heavy atom. The monoisotopic (exact) mass is 465 g/mol. The van der Waals surface area contributed by atoms with Crippen LogP contribution in [0.3, 0.4) is 0 Å². The lowest BCUT2D eigenvalue weighted by Gasteiger charge is -2.22. The number of hydrogen-bond donors (Lipinski definition) is 0. The first-order valence-electron chi connectivity index (χ1n) is 9.51. The molecule has 0 bridgehead atoms. The molecule has 0 aliphatic carbocycles. The van der Waals surface area contributed by atoms with Crippen LogP contribution in [0.5, 0.6) is 17.2 Å². The number of rotatable bonds is 8. The molecule has 3 rings (SSSR count). The molecule has 31 heavy (non-hydrogen) atoms. The molecule has 2 aromatic carbocycles. The van der Waals surface area contributed by atoms with Gasteiger partial charge in [-0.05, 0) is 44.8 Å². The molecule has 3 aromatic rings. The summed E-state index contributed by atoms with van der Waals surface area (Å²) in [5, 5.41) is 0.631. The Kier molecular flexibility index (Phi) is 8.50. The molecule has 0 aliphatic heterocycles. The van der Waals surface area contributed by atoms with Gasteiger partial charge in [-0.25, -0.2) is 4.98 Å². The largest absolute Gasteiger partial charge is 0.497 e. The van der Waals surface area contributed by atoms with Crippen molar-refractivity contribution in [3.8, 4) is 17.2 Å². The second-order valence-electron chi connectivity index (χ2n) is 7.12. The van der Waals surface area contributed by atoms with Gasteiger partial charge in [0.25, 0.3) is 5.91 Å². The molecular weight excluding hydrogens is 438 g/mol. The fourth-order valence-electron chi connectivity index (χ4n) is 3.05. The number of thiazole rings is 1. The number of aryl methyl sites for hydroxylation is 1. The van der Waals surface area contributed by atoms with Gasteiger partial charge in [-0.3, -0.25) is 9.69 Å². The van der Waals surface area contributed by atoms with E-state index in [-0.39, 0.29) is 18.3 Å². The van der Waals surface area contributed by atoms with Crippen molar-refractivity contribution >= 4 is 45.0 Å². The molecule has 0 saturated carbocycles. The Balaban J connectivity index is 0.00000341. The zero-order valence-corrected chi connectivity index (χ0v) is 20.2. The number of benzene rings is 2. The van der Waals surface area contributed by atoms with Crippen molar-refractivity contribution in [2.24, 2.45) is 0 Å². The number of carbonyl (C=O) groups is 1. The van der Waals surface area contributed by atoms with Crippen LogP contribution >= 0.6 is 23.7 Å². The molecule has 1 heterocycles. The van der Waals surface area contributed by atoms with Crippen molar-refractivity contribution in [1.29, 1.82) is 0 Å². The van der Waals surface area contributed by atoms with E-state index in [0.29, 0.717) is 41.0 Å². The quantitative estimate of drug-likeness (QED) is 0.495. The number of carbonyl (C=O) groups excluding carboxylic acids is 1. The molecule has 0 saturated heterocycles. The second-order valence-corrected chi connectivity index (χ2v) is 8.10. The van der Waals surface area contributed by atoms with Gasteiger partial charge < -0.3 is 19.1 Å². The molecule has 1 amide bonds. The number of methoxy groups -OCH3 is 3. The van der Waals surface area contributed by atoms with Gasteiger partial charge in [0.1, 0.15) is 22.8 Å². The van der Waals surface area contributed by atoms with Crippen LogP contribution in [0.2, 0.25) is 0 Å². The van der Waals surface area contributed by atoms with Gasteiger partial charge in [-0.15, -0.1) is 12.4 Å². The Hall–Kier alpha value is -2.55. The third kappa shape index (κ3) is 5.39. The minimum absolute atomic E-state index is 0. The maximum absolute atomic E-state index is 13.5. The summed E-state index contributed by atoms with van der Waals surface area (Å²) in [7, 11) is 8.71. The molecule has 0 aliphatic rings. The highest BCUT2D eigenvalue weighted by Crippen LogP contribution is 2.37. The van der Waals surface area contributed by atoms with E-state index in [4.69, 9.17) is 19.2 Å². The maximum atomic E-state index is 13.5. The normalized spacial score (nSPS) is 10.7. The van der Waals surface area contributed by atoms with Crippen LogP contribution in [0.4, 0.5) is 5.13 Å². The average molecular weight is 466 g/mol. The third-order valence-electron chi connectivity index (χ3n) is 4.76. The summed E-state index contributed by atoms with van der Waals surface area (Å²) in [5.74, 6) is 1.66. The lowest BCUT2D eigenvalue weighted by atomic mass is 10.1. The second kappa shape index (κ2) is 10.7. The predicted octanol–water partition coefficient (Wildman–Crippen LogP) is 4.26. The molecule has 1 aromatic heterocycles. The highest BCUT2D eigenvalue weighted by atomic mass is 35.5. The number of likely N-dealkylation sites (N-methyl/N-ethyl adjacent to an activating group) is 1. The van der Waals surface area contributed by atoms with E-state index in [2.05, 4.69) is 0 Å². The van der Waals surface area contributed by atoms with Crippen LogP contribution in [0.1, 0.15) is 15.9 Å². The van der Waals surface area contributed by atoms with E-state index >= 15 is 0 Å². The zero-order chi connectivity index (χ0) is 21.8. The molecule has 0 unspecified atom stereocenters. The number of amides is 1. The Morgan fingerprint density at radius 2 is 1.65 bits per heavy atom. The van der Waals surface area contributed by atoms with Crippen LogP contribution in [0.25, 0.3) is 10.2 Å². The molecule has 168 valence electrons. The van der Waals surface area contributed by atoms with Crippen LogP contribution in [0.15, 0.2) is 30.3 Å². The highest BCUT2D eigenvalue weighted by molar-refractivity contribution is 7.22. The van der Waals surface area contributed by atoms with Crippen molar-refractivity contribution < 1.29 is 19.0 Å².